The summed E-state index contributed by atoms with van der Waals surface area (Å²) >= 11 is 0. The van der Waals surface area contributed by atoms with Crippen LogP contribution in [0.4, 0.5) is 0 Å². The predicted molar refractivity (Wildman–Crippen MR) is 201 cm³/mol. The fourth-order valence-electron chi connectivity index (χ4n) is 6.73. The van der Waals surface area contributed by atoms with Crippen LogP contribution in [-0.2, 0) is 43.5 Å². The molecular weight excluding hydrogens is 656 g/mol. The Balaban J connectivity index is 0.000000454. The van der Waals surface area contributed by atoms with Crippen LogP contribution in [0, 0.1) is 32.1 Å². The van der Waals surface area contributed by atoms with Crippen molar-refractivity contribution in [1.82, 2.24) is 0 Å². The van der Waals surface area contributed by atoms with Gasteiger partial charge in [0.25, 0.3) is 0 Å². The molecule has 4 atom stereocenters. The number of aliphatic imine (C=N–C) groups is 2. The van der Waals surface area contributed by atoms with E-state index < -0.39 is 0 Å². The Morgan fingerprint density at radius 2 is 1.19 bits per heavy atom. The van der Waals surface area contributed by atoms with Crippen LogP contribution in [0.5, 0.6) is 11.5 Å². The minimum atomic E-state index is -0.0912. The summed E-state index contributed by atoms with van der Waals surface area (Å²) < 4.78 is 0. The van der Waals surface area contributed by atoms with Gasteiger partial charge in [0.15, 0.2) is 0 Å². The number of hydrogen-bond donors (Lipinski definition) is 2. The number of rotatable bonds is 6. The van der Waals surface area contributed by atoms with Crippen LogP contribution >= 0.6 is 0 Å². The SMILES string of the molecule is CC1CCCCC1N=Cc1cc(C(C)(C)C)cc(C(C)(C)C)c1O.Cc1cc(C=NC2CCCCC2C)c(O)c(CC(C)C)c1.[CH3-].[Zr]. The van der Waals surface area contributed by atoms with Crippen LogP contribution in [0.3, 0.4) is 0 Å². The van der Waals surface area contributed by atoms with E-state index in [9.17, 15) is 10.2 Å². The third kappa shape index (κ3) is 12.9. The van der Waals surface area contributed by atoms with E-state index >= 15 is 0 Å². The molecule has 2 fully saturated rings. The summed E-state index contributed by atoms with van der Waals surface area (Å²) in [6.07, 6.45) is 14.8. The summed E-state index contributed by atoms with van der Waals surface area (Å²) in [5, 5.41) is 21.3. The van der Waals surface area contributed by atoms with E-state index in [-0.39, 0.29) is 44.5 Å². The van der Waals surface area contributed by atoms with Gasteiger partial charge in [-0.2, -0.15) is 0 Å². The molecule has 0 radical (unpaired) electrons. The molecule has 0 aliphatic heterocycles. The van der Waals surface area contributed by atoms with Crippen molar-refractivity contribution in [2.24, 2.45) is 27.7 Å². The third-order valence-electron chi connectivity index (χ3n) is 9.75. The first-order chi connectivity index (χ1) is 21.0. The van der Waals surface area contributed by atoms with Crippen molar-refractivity contribution < 1.29 is 36.4 Å². The van der Waals surface area contributed by atoms with Crippen LogP contribution < -0.4 is 0 Å². The van der Waals surface area contributed by atoms with E-state index in [1.807, 2.05) is 18.5 Å². The van der Waals surface area contributed by atoms with Crippen LogP contribution in [0.25, 0.3) is 0 Å². The Hall–Kier alpha value is -1.74. The zero-order valence-electron chi connectivity index (χ0n) is 32.0. The second-order valence-corrected chi connectivity index (χ2v) is 16.6. The number of nitrogens with zero attached hydrogens (tertiary/aromatic N) is 2. The summed E-state index contributed by atoms with van der Waals surface area (Å²) in [5.74, 6) is 2.66. The average Bonchev–Trinajstić information content (AvgIpc) is 2.94. The van der Waals surface area contributed by atoms with Gasteiger partial charge in [-0.05, 0) is 96.4 Å². The summed E-state index contributed by atoms with van der Waals surface area (Å²) in [6, 6.07) is 9.23. The predicted octanol–water partition coefficient (Wildman–Crippen LogP) is 11.3. The van der Waals surface area contributed by atoms with Gasteiger partial charge in [-0.15, -0.1) is 0 Å². The minimum absolute atomic E-state index is 0. The molecule has 0 aromatic heterocycles. The van der Waals surface area contributed by atoms with E-state index in [1.54, 1.807) is 0 Å². The maximum atomic E-state index is 10.8. The largest absolute Gasteiger partial charge is 0.507 e. The maximum absolute atomic E-state index is 10.8. The normalized spacial score (nSPS) is 22.0. The number of phenols is 2. The zero-order valence-corrected chi connectivity index (χ0v) is 34.5. The summed E-state index contributed by atoms with van der Waals surface area (Å²) in [5.41, 5.74) is 6.20. The van der Waals surface area contributed by atoms with Crippen molar-refractivity contribution in [3.63, 3.8) is 0 Å². The smallest absolute Gasteiger partial charge is 0.128 e. The summed E-state index contributed by atoms with van der Waals surface area (Å²) in [4.78, 5) is 9.63. The van der Waals surface area contributed by atoms with Crippen LogP contribution in [0.2, 0.25) is 0 Å². The van der Waals surface area contributed by atoms with E-state index in [1.165, 1.54) is 62.5 Å². The second-order valence-electron chi connectivity index (χ2n) is 16.6. The van der Waals surface area contributed by atoms with E-state index in [4.69, 9.17) is 9.98 Å². The van der Waals surface area contributed by atoms with E-state index in [2.05, 4.69) is 94.4 Å². The summed E-state index contributed by atoms with van der Waals surface area (Å²) in [6.45, 7) is 24.1. The molecule has 0 bridgehead atoms. The molecule has 0 saturated heterocycles. The fraction of sp³-hybridized carbons (Fsp3) is 0.643. The molecule has 4 nitrogen and oxygen atoms in total. The quantitative estimate of drug-likeness (QED) is 0.230. The Labute approximate surface area is 308 Å². The standard InChI is InChI=1S/C22H35NO.C19H29NO.CH3.Zr/c1-15-10-8-9-11-19(15)23-14-16-12-17(21(2,3)4)13-18(20(16)24)22(5,6)7;1-13(2)9-16-10-14(3)11-17(19(16)21)12-20-18-8-6-5-7-15(18)4;;/h12-15,19,24H,8-11H2,1-7H3;10-13,15,18,21H,5-9H2,1-4H3;1H3;/q;;-1;. The molecule has 2 aromatic carbocycles. The van der Waals surface area contributed by atoms with Crippen molar-refractivity contribution in [3.05, 3.63) is 65.1 Å². The second kappa shape index (κ2) is 18.9. The third-order valence-corrected chi connectivity index (χ3v) is 9.75. The first-order valence-corrected chi connectivity index (χ1v) is 17.7. The van der Waals surface area contributed by atoms with Crippen molar-refractivity contribution >= 4 is 12.4 Å². The number of benzene rings is 2. The Kier molecular flexibility index (Phi) is 17.4. The molecule has 2 aromatic rings. The van der Waals surface area contributed by atoms with Gasteiger partial charge in [0.2, 0.25) is 0 Å². The minimum Gasteiger partial charge on any atom is -0.507 e. The molecule has 2 aliphatic carbocycles. The number of phenolic OH excluding ortho intramolecular Hbond substituents is 2. The molecule has 4 rings (SSSR count). The topological polar surface area (TPSA) is 65.2 Å². The number of hydrogen-bond acceptors (Lipinski definition) is 4. The van der Waals surface area contributed by atoms with Crippen LogP contribution in [0.15, 0.2) is 34.3 Å². The first kappa shape index (κ1) is 43.3. The van der Waals surface area contributed by atoms with Crippen LogP contribution in [-0.4, -0.2) is 34.7 Å². The van der Waals surface area contributed by atoms with Crippen molar-refractivity contribution in [2.75, 3.05) is 0 Å². The molecule has 5 heteroatoms. The molecule has 0 amide bonds. The average molecular weight is 723 g/mol. The van der Waals surface area contributed by atoms with Gasteiger partial charge < -0.3 is 17.6 Å². The molecule has 4 unspecified atom stereocenters. The van der Waals surface area contributed by atoms with Gasteiger partial charge in [-0.25, -0.2) is 0 Å². The van der Waals surface area contributed by atoms with Gasteiger partial charge in [0.05, 0.1) is 12.1 Å². The Morgan fingerprint density at radius 3 is 1.62 bits per heavy atom. The number of aryl methyl sites for hydroxylation is 1. The van der Waals surface area contributed by atoms with Crippen molar-refractivity contribution in [2.45, 2.75) is 157 Å². The fourth-order valence-corrected chi connectivity index (χ4v) is 6.73. The molecule has 2 N–H and O–H groups in total. The molecule has 2 aliphatic rings. The zero-order chi connectivity index (χ0) is 33.5. The van der Waals surface area contributed by atoms with Crippen LogP contribution in [0.1, 0.15) is 154 Å². The summed E-state index contributed by atoms with van der Waals surface area (Å²) in [7, 11) is 0. The van der Waals surface area contributed by atoms with Gasteiger partial charge in [0, 0.05) is 55.3 Å². The van der Waals surface area contributed by atoms with E-state index in [0.717, 1.165) is 28.7 Å². The van der Waals surface area contributed by atoms with Gasteiger partial charge >= 0.3 is 0 Å². The van der Waals surface area contributed by atoms with E-state index in [0.29, 0.717) is 41.3 Å². The monoisotopic (exact) mass is 721 g/mol. The molecule has 47 heavy (non-hydrogen) atoms. The molecule has 0 spiro atoms. The molecular formula is C42H67N2O2Zr-. The first-order valence-electron chi connectivity index (χ1n) is 17.7. The van der Waals surface area contributed by atoms with Gasteiger partial charge in [-0.3, -0.25) is 9.98 Å². The van der Waals surface area contributed by atoms with Gasteiger partial charge in [-0.1, -0.05) is 107 Å². The molecule has 262 valence electrons. The van der Waals surface area contributed by atoms with Crippen molar-refractivity contribution in [1.29, 1.82) is 0 Å². The molecule has 2 saturated carbocycles. The van der Waals surface area contributed by atoms with Gasteiger partial charge in [0.1, 0.15) is 11.5 Å². The Bertz CT molecular complexity index is 1320. The Morgan fingerprint density at radius 1 is 0.723 bits per heavy atom. The number of aromatic hydroxyl groups is 2. The maximum Gasteiger partial charge on any atom is 0.128 e. The molecule has 0 heterocycles. The van der Waals surface area contributed by atoms with Crippen molar-refractivity contribution in [3.8, 4) is 11.5 Å².